The second-order valence-corrected chi connectivity index (χ2v) is 2.91. The summed E-state index contributed by atoms with van der Waals surface area (Å²) in [6.45, 7) is 0. The van der Waals surface area contributed by atoms with Gasteiger partial charge in [0, 0.05) is 0 Å². The van der Waals surface area contributed by atoms with Gasteiger partial charge in [0.05, 0.1) is 0 Å². The van der Waals surface area contributed by atoms with Crippen LogP contribution in [0.5, 0.6) is 0 Å². The molecule has 0 aliphatic heterocycles. The second kappa shape index (κ2) is 4.13. The van der Waals surface area contributed by atoms with Gasteiger partial charge in [-0.3, -0.25) is 0 Å². The van der Waals surface area contributed by atoms with Crippen molar-refractivity contribution < 1.29 is 4.42 Å². The Kier molecular flexibility index (Phi) is 3.39. The Morgan fingerprint density at radius 1 is 1.33 bits per heavy atom. The quantitative estimate of drug-likeness (QED) is 0.596. The third-order valence-electron chi connectivity index (χ3n) is 1.45. The first-order valence-electron chi connectivity index (χ1n) is 3.30. The largest absolute Gasteiger partial charge is 0.431 e. The fourth-order valence-electron chi connectivity index (χ4n) is 0.938. The zero-order chi connectivity index (χ0) is 7.68. The predicted molar refractivity (Wildman–Crippen MR) is 61.2 cm³/mol. The third-order valence-corrected chi connectivity index (χ3v) is 1.97. The van der Waals surface area contributed by atoms with Gasteiger partial charge in [0.15, 0.2) is 5.58 Å². The van der Waals surface area contributed by atoms with Gasteiger partial charge in [-0.15, -0.1) is 24.0 Å². The second-order valence-electron chi connectivity index (χ2n) is 2.15. The van der Waals surface area contributed by atoms with Crippen molar-refractivity contribution in [2.75, 3.05) is 6.26 Å². The molecule has 0 aliphatic carbocycles. The van der Waals surface area contributed by atoms with Crippen LogP contribution in [0.1, 0.15) is 0 Å². The van der Waals surface area contributed by atoms with Gasteiger partial charge in [-0.2, -0.15) is 0 Å². The number of para-hydroxylation sites is 2. The first-order valence-corrected chi connectivity index (χ1v) is 4.52. The van der Waals surface area contributed by atoms with Crippen LogP contribution in [-0.2, 0) is 0 Å². The van der Waals surface area contributed by atoms with Crippen molar-refractivity contribution in [3.05, 3.63) is 24.3 Å². The predicted octanol–water partition coefficient (Wildman–Crippen LogP) is 3.17. The molecule has 0 N–H and O–H groups in total. The molecule has 1 aromatic carbocycles. The van der Waals surface area contributed by atoms with Crippen LogP contribution in [0.3, 0.4) is 0 Å². The lowest BCUT2D eigenvalue weighted by atomic mass is 10.3. The number of fused-ring (bicyclic) bond motifs is 1. The number of nitrogens with zero attached hydrogens (tertiary/aromatic N) is 1. The summed E-state index contributed by atoms with van der Waals surface area (Å²) in [4.78, 5) is 4.23. The van der Waals surface area contributed by atoms with E-state index in [4.69, 9.17) is 4.42 Å². The van der Waals surface area contributed by atoms with E-state index >= 15 is 0 Å². The lowest BCUT2D eigenvalue weighted by Gasteiger charge is -1.80. The van der Waals surface area contributed by atoms with Crippen LogP contribution in [0.25, 0.3) is 11.1 Å². The molecule has 0 atom stereocenters. The minimum atomic E-state index is 0. The van der Waals surface area contributed by atoms with Crippen molar-refractivity contribution in [3.63, 3.8) is 0 Å². The summed E-state index contributed by atoms with van der Waals surface area (Å²) in [5, 5.41) is 0.728. The van der Waals surface area contributed by atoms with Crippen molar-refractivity contribution in [1.29, 1.82) is 0 Å². The van der Waals surface area contributed by atoms with Gasteiger partial charge in [0.25, 0.3) is 5.22 Å². The molecule has 12 heavy (non-hydrogen) atoms. The lowest BCUT2D eigenvalue weighted by molar-refractivity contribution is 0.490. The summed E-state index contributed by atoms with van der Waals surface area (Å²) in [6, 6.07) is 7.76. The smallest absolute Gasteiger partial charge is 0.256 e. The summed E-state index contributed by atoms with van der Waals surface area (Å²) >= 11 is 1.52. The molecule has 0 unspecified atom stereocenters. The maximum absolute atomic E-state index is 5.37. The molecule has 0 amide bonds. The fourth-order valence-corrected chi connectivity index (χ4v) is 1.30. The average Bonchev–Trinajstić information content (AvgIpc) is 2.46. The molecule has 1 heterocycles. The number of aromatic nitrogens is 1. The van der Waals surface area contributed by atoms with Crippen LogP contribution in [0.2, 0.25) is 0 Å². The topological polar surface area (TPSA) is 26.0 Å². The van der Waals surface area contributed by atoms with Crippen molar-refractivity contribution in [2.45, 2.75) is 5.22 Å². The van der Waals surface area contributed by atoms with Crippen LogP contribution in [0.4, 0.5) is 0 Å². The Balaban J connectivity index is 0.000000720. The summed E-state index contributed by atoms with van der Waals surface area (Å²) in [6.07, 6.45) is 1.95. The van der Waals surface area contributed by atoms with Gasteiger partial charge in [0.2, 0.25) is 0 Å². The number of oxazole rings is 1. The number of hydrogen-bond acceptors (Lipinski definition) is 3. The van der Waals surface area contributed by atoms with E-state index < -0.39 is 0 Å². The first kappa shape index (κ1) is 9.85. The molecule has 0 spiro atoms. The molecular weight excluding hydrogens is 285 g/mol. The van der Waals surface area contributed by atoms with Crippen LogP contribution in [-0.4, -0.2) is 11.2 Å². The Hall–Kier alpha value is -0.230. The fraction of sp³-hybridized carbons (Fsp3) is 0.125. The zero-order valence-electron chi connectivity index (χ0n) is 6.48. The zero-order valence-corrected chi connectivity index (χ0v) is 9.63. The standard InChI is InChI=1S/C8H7NOS.HI/c1-11-8-9-6-4-2-3-5-7(6)10-8;/h2-5H,1H3;1H. The molecular formula is C8H8INOS. The van der Waals surface area contributed by atoms with Gasteiger partial charge in [0.1, 0.15) is 5.52 Å². The van der Waals surface area contributed by atoms with E-state index in [0.29, 0.717) is 0 Å². The van der Waals surface area contributed by atoms with Crippen LogP contribution < -0.4 is 0 Å². The number of benzene rings is 1. The van der Waals surface area contributed by atoms with Crippen molar-refractivity contribution in [3.8, 4) is 0 Å². The third kappa shape index (κ3) is 1.74. The van der Waals surface area contributed by atoms with Gasteiger partial charge < -0.3 is 4.42 Å². The maximum atomic E-state index is 5.37. The highest BCUT2D eigenvalue weighted by Crippen LogP contribution is 2.20. The molecule has 0 radical (unpaired) electrons. The molecule has 0 aliphatic rings. The molecule has 2 aromatic rings. The van der Waals surface area contributed by atoms with E-state index in [1.165, 1.54) is 11.8 Å². The molecule has 2 rings (SSSR count). The minimum absolute atomic E-state index is 0. The average molecular weight is 293 g/mol. The number of hydrogen-bond donors (Lipinski definition) is 0. The van der Waals surface area contributed by atoms with Gasteiger partial charge in [-0.25, -0.2) is 4.98 Å². The molecule has 0 saturated carbocycles. The Labute approximate surface area is 91.8 Å². The Morgan fingerprint density at radius 2 is 2.08 bits per heavy atom. The summed E-state index contributed by atoms with van der Waals surface area (Å²) in [5.74, 6) is 0. The molecule has 64 valence electrons. The van der Waals surface area contributed by atoms with Gasteiger partial charge in [-0.1, -0.05) is 23.9 Å². The highest BCUT2D eigenvalue weighted by atomic mass is 127. The van der Waals surface area contributed by atoms with E-state index in [-0.39, 0.29) is 24.0 Å². The number of halogens is 1. The number of rotatable bonds is 1. The SMILES string of the molecule is CSc1nc2ccccc2o1.I. The molecule has 2 nitrogen and oxygen atoms in total. The monoisotopic (exact) mass is 293 g/mol. The molecule has 0 bridgehead atoms. The van der Waals surface area contributed by atoms with Crippen molar-refractivity contribution in [1.82, 2.24) is 4.98 Å². The van der Waals surface area contributed by atoms with Crippen molar-refractivity contribution in [2.24, 2.45) is 0 Å². The Bertz CT molecular complexity index is 341. The van der Waals surface area contributed by atoms with Crippen LogP contribution in [0, 0.1) is 0 Å². The van der Waals surface area contributed by atoms with E-state index in [2.05, 4.69) is 4.98 Å². The normalized spacial score (nSPS) is 9.75. The number of thioether (sulfide) groups is 1. The van der Waals surface area contributed by atoms with Crippen molar-refractivity contribution >= 4 is 46.8 Å². The van der Waals surface area contributed by atoms with E-state index in [9.17, 15) is 0 Å². The summed E-state index contributed by atoms with van der Waals surface area (Å²) in [5.41, 5.74) is 1.79. The Morgan fingerprint density at radius 3 is 2.75 bits per heavy atom. The molecule has 4 heteroatoms. The van der Waals surface area contributed by atoms with E-state index in [1.54, 1.807) is 0 Å². The summed E-state index contributed by atoms with van der Waals surface area (Å²) in [7, 11) is 0. The van der Waals surface area contributed by atoms with Gasteiger partial charge >= 0.3 is 0 Å². The summed E-state index contributed by atoms with van der Waals surface area (Å²) < 4.78 is 5.37. The maximum Gasteiger partial charge on any atom is 0.256 e. The van der Waals surface area contributed by atoms with Crippen LogP contribution >= 0.6 is 35.7 Å². The molecule has 0 saturated heterocycles. The highest BCUT2D eigenvalue weighted by molar-refractivity contribution is 14.0. The molecule has 0 fully saturated rings. The van der Waals surface area contributed by atoms with Gasteiger partial charge in [-0.05, 0) is 18.4 Å². The molecule has 1 aromatic heterocycles. The first-order chi connectivity index (χ1) is 5.40. The van der Waals surface area contributed by atoms with Crippen LogP contribution in [0.15, 0.2) is 33.9 Å². The minimum Gasteiger partial charge on any atom is -0.431 e. The highest BCUT2D eigenvalue weighted by Gasteiger charge is 2.01. The van der Waals surface area contributed by atoms with E-state index in [0.717, 1.165) is 16.3 Å². The lowest BCUT2D eigenvalue weighted by Crippen LogP contribution is -1.65. The van der Waals surface area contributed by atoms with E-state index in [1.807, 2.05) is 30.5 Å².